The molecule has 1 aromatic rings. The zero-order valence-electron chi connectivity index (χ0n) is 14.5. The Morgan fingerprint density at radius 1 is 1.35 bits per heavy atom. The summed E-state index contributed by atoms with van der Waals surface area (Å²) in [6.07, 6.45) is 3.25. The number of likely N-dealkylation sites (tertiary alicyclic amines) is 1. The largest absolute Gasteiger partial charge is 0.443 e. The van der Waals surface area contributed by atoms with E-state index in [1.807, 2.05) is 31.7 Å². The molecule has 0 saturated carbocycles. The summed E-state index contributed by atoms with van der Waals surface area (Å²) in [6, 6.07) is 3.80. The first-order valence-electron chi connectivity index (χ1n) is 7.89. The van der Waals surface area contributed by atoms with Crippen LogP contribution >= 0.6 is 0 Å². The summed E-state index contributed by atoms with van der Waals surface area (Å²) in [6.45, 7) is 7.86. The number of amides is 2. The van der Waals surface area contributed by atoms with Crippen molar-refractivity contribution in [3.8, 4) is 0 Å². The lowest BCUT2D eigenvalue weighted by Gasteiger charge is -2.25. The van der Waals surface area contributed by atoms with Crippen molar-refractivity contribution >= 4 is 17.8 Å². The molecule has 1 fully saturated rings. The summed E-state index contributed by atoms with van der Waals surface area (Å²) >= 11 is 0. The van der Waals surface area contributed by atoms with Gasteiger partial charge in [0.1, 0.15) is 11.4 Å². The molecule has 0 unspecified atom stereocenters. The van der Waals surface area contributed by atoms with Crippen molar-refractivity contribution in [2.45, 2.75) is 52.2 Å². The van der Waals surface area contributed by atoms with Gasteiger partial charge in [-0.1, -0.05) is 6.07 Å². The molecule has 0 aliphatic carbocycles. The van der Waals surface area contributed by atoms with Gasteiger partial charge < -0.3 is 9.64 Å². The molecule has 0 bridgehead atoms. The molecular weight excluding hydrogens is 294 g/mol. The second-order valence-electron chi connectivity index (χ2n) is 6.86. The van der Waals surface area contributed by atoms with Gasteiger partial charge in [0.2, 0.25) is 5.91 Å². The second kappa shape index (κ2) is 6.56. The first-order valence-corrected chi connectivity index (χ1v) is 7.89. The van der Waals surface area contributed by atoms with Crippen molar-refractivity contribution in [3.05, 3.63) is 23.9 Å². The number of carbonyl (C=O) groups is 2. The van der Waals surface area contributed by atoms with Crippen molar-refractivity contribution in [2.75, 3.05) is 18.5 Å². The molecule has 1 aliphatic rings. The van der Waals surface area contributed by atoms with Crippen LogP contribution in [0.25, 0.3) is 0 Å². The Balaban J connectivity index is 2.10. The van der Waals surface area contributed by atoms with Crippen LogP contribution in [0.3, 0.4) is 0 Å². The first kappa shape index (κ1) is 17.2. The SMILES string of the molecule is CC(=O)N1CCC[C@@H]1c1ccc(N(C)C(=O)OC(C)(C)C)nc1. The summed E-state index contributed by atoms with van der Waals surface area (Å²) < 4.78 is 5.33. The van der Waals surface area contributed by atoms with Crippen molar-refractivity contribution in [1.29, 1.82) is 0 Å². The highest BCUT2D eigenvalue weighted by Gasteiger charge is 2.28. The molecule has 0 radical (unpaired) electrons. The summed E-state index contributed by atoms with van der Waals surface area (Å²) in [5, 5.41) is 0. The predicted octanol–water partition coefficient (Wildman–Crippen LogP) is 3.14. The monoisotopic (exact) mass is 319 g/mol. The molecule has 1 aliphatic heterocycles. The minimum atomic E-state index is -0.545. The molecule has 1 aromatic heterocycles. The summed E-state index contributed by atoms with van der Waals surface area (Å²) in [4.78, 5) is 31.3. The maximum atomic E-state index is 12.1. The van der Waals surface area contributed by atoms with Gasteiger partial charge in [-0.3, -0.25) is 9.69 Å². The van der Waals surface area contributed by atoms with E-state index in [0.29, 0.717) is 5.82 Å². The quantitative estimate of drug-likeness (QED) is 0.840. The summed E-state index contributed by atoms with van der Waals surface area (Å²) in [5.74, 6) is 0.609. The smallest absolute Gasteiger partial charge is 0.415 e. The van der Waals surface area contributed by atoms with E-state index in [1.165, 1.54) is 4.90 Å². The Morgan fingerprint density at radius 2 is 2.04 bits per heavy atom. The third-order valence-electron chi connectivity index (χ3n) is 3.82. The fraction of sp³-hybridized carbons (Fsp3) is 0.588. The van der Waals surface area contributed by atoms with E-state index in [0.717, 1.165) is 24.9 Å². The molecule has 1 saturated heterocycles. The van der Waals surface area contributed by atoms with Crippen molar-refractivity contribution in [1.82, 2.24) is 9.88 Å². The summed E-state index contributed by atoms with van der Waals surface area (Å²) in [7, 11) is 1.63. The number of rotatable bonds is 2. The van der Waals surface area contributed by atoms with E-state index in [-0.39, 0.29) is 11.9 Å². The highest BCUT2D eigenvalue weighted by atomic mass is 16.6. The molecule has 2 amide bonds. The van der Waals surface area contributed by atoms with Crippen LogP contribution in [-0.2, 0) is 9.53 Å². The number of hydrogen-bond acceptors (Lipinski definition) is 4. The van der Waals surface area contributed by atoms with Gasteiger partial charge >= 0.3 is 6.09 Å². The minimum Gasteiger partial charge on any atom is -0.443 e. The molecule has 0 aromatic carbocycles. The van der Waals surface area contributed by atoms with E-state index in [9.17, 15) is 9.59 Å². The van der Waals surface area contributed by atoms with E-state index >= 15 is 0 Å². The standard InChI is InChI=1S/C17H25N3O3/c1-12(21)20-10-6-7-14(20)13-8-9-15(18-11-13)19(5)16(22)23-17(2,3)4/h8-9,11,14H,6-7,10H2,1-5H3/t14-/m1/s1. The molecule has 23 heavy (non-hydrogen) atoms. The Kier molecular flexibility index (Phi) is 4.92. The number of ether oxygens (including phenoxy) is 1. The molecule has 2 heterocycles. The van der Waals surface area contributed by atoms with Crippen molar-refractivity contribution in [3.63, 3.8) is 0 Å². The van der Waals surface area contributed by atoms with Crippen LogP contribution in [-0.4, -0.2) is 41.1 Å². The fourth-order valence-corrected chi connectivity index (χ4v) is 2.71. The van der Waals surface area contributed by atoms with Crippen LogP contribution in [0.15, 0.2) is 18.3 Å². The fourth-order valence-electron chi connectivity index (χ4n) is 2.71. The van der Waals surface area contributed by atoms with Gasteiger partial charge in [-0.05, 0) is 45.2 Å². The third-order valence-corrected chi connectivity index (χ3v) is 3.82. The van der Waals surface area contributed by atoms with Gasteiger partial charge in [0.15, 0.2) is 0 Å². The second-order valence-corrected chi connectivity index (χ2v) is 6.86. The zero-order valence-corrected chi connectivity index (χ0v) is 14.5. The molecule has 6 heteroatoms. The Bertz CT molecular complexity index is 578. The number of nitrogens with zero attached hydrogens (tertiary/aromatic N) is 3. The van der Waals surface area contributed by atoms with E-state index in [1.54, 1.807) is 26.2 Å². The van der Waals surface area contributed by atoms with Gasteiger partial charge in [-0.25, -0.2) is 9.78 Å². The molecular formula is C17H25N3O3. The maximum absolute atomic E-state index is 12.1. The number of carbonyl (C=O) groups excluding carboxylic acids is 2. The van der Waals surface area contributed by atoms with Gasteiger partial charge in [0, 0.05) is 26.7 Å². The zero-order chi connectivity index (χ0) is 17.2. The molecule has 126 valence electrons. The van der Waals surface area contributed by atoms with Gasteiger partial charge in [-0.2, -0.15) is 0 Å². The Morgan fingerprint density at radius 3 is 2.57 bits per heavy atom. The van der Waals surface area contributed by atoms with Gasteiger partial charge in [0.05, 0.1) is 6.04 Å². The summed E-state index contributed by atoms with van der Waals surface area (Å²) in [5.41, 5.74) is 0.455. The number of hydrogen-bond donors (Lipinski definition) is 0. The van der Waals surface area contributed by atoms with Crippen LogP contribution in [0.2, 0.25) is 0 Å². The van der Waals surface area contributed by atoms with Crippen LogP contribution in [0.5, 0.6) is 0 Å². The minimum absolute atomic E-state index is 0.0842. The topological polar surface area (TPSA) is 62.7 Å². The van der Waals surface area contributed by atoms with Crippen LogP contribution in [0, 0.1) is 0 Å². The van der Waals surface area contributed by atoms with Gasteiger partial charge in [-0.15, -0.1) is 0 Å². The van der Waals surface area contributed by atoms with E-state index in [2.05, 4.69) is 4.98 Å². The van der Waals surface area contributed by atoms with E-state index in [4.69, 9.17) is 4.74 Å². The molecule has 0 spiro atoms. The Labute approximate surface area is 137 Å². The molecule has 1 atom stereocenters. The average Bonchev–Trinajstić information content (AvgIpc) is 2.94. The lowest BCUT2D eigenvalue weighted by molar-refractivity contribution is -0.129. The number of pyridine rings is 1. The van der Waals surface area contributed by atoms with Gasteiger partial charge in [0.25, 0.3) is 0 Å². The molecule has 0 N–H and O–H groups in total. The first-order chi connectivity index (χ1) is 10.7. The third kappa shape index (κ3) is 4.21. The predicted molar refractivity (Wildman–Crippen MR) is 88.2 cm³/mol. The lowest BCUT2D eigenvalue weighted by Crippen LogP contribution is -2.34. The van der Waals surface area contributed by atoms with Crippen molar-refractivity contribution in [2.24, 2.45) is 0 Å². The normalized spacial score (nSPS) is 18.0. The highest BCUT2D eigenvalue weighted by Crippen LogP contribution is 2.32. The maximum Gasteiger partial charge on any atom is 0.415 e. The van der Waals surface area contributed by atoms with Crippen LogP contribution < -0.4 is 4.90 Å². The molecule has 6 nitrogen and oxygen atoms in total. The average molecular weight is 319 g/mol. The Hall–Kier alpha value is -2.11. The highest BCUT2D eigenvalue weighted by molar-refractivity contribution is 5.85. The number of anilines is 1. The van der Waals surface area contributed by atoms with Crippen LogP contribution in [0.1, 0.15) is 52.1 Å². The van der Waals surface area contributed by atoms with Crippen molar-refractivity contribution < 1.29 is 14.3 Å². The van der Waals surface area contributed by atoms with E-state index < -0.39 is 11.7 Å². The van der Waals surface area contributed by atoms with Crippen LogP contribution in [0.4, 0.5) is 10.6 Å². The number of aromatic nitrogens is 1. The molecule has 2 rings (SSSR count). The lowest BCUT2D eigenvalue weighted by atomic mass is 10.1.